The van der Waals surface area contributed by atoms with Gasteiger partial charge in [-0.25, -0.2) is 0 Å². The first kappa shape index (κ1) is 12.7. The van der Waals surface area contributed by atoms with Gasteiger partial charge >= 0.3 is 0 Å². The number of rotatable bonds is 4. The van der Waals surface area contributed by atoms with Gasteiger partial charge in [0.1, 0.15) is 0 Å². The number of hydrogen-bond acceptors (Lipinski definition) is 3. The summed E-state index contributed by atoms with van der Waals surface area (Å²) in [4.78, 5) is 1.05. The number of hydrogen-bond donors (Lipinski definition) is 2. The minimum Gasteiger partial charge on any atom is -0.397 e. The van der Waals surface area contributed by atoms with Gasteiger partial charge in [0.25, 0.3) is 0 Å². The Bertz CT molecular complexity index is 550. The summed E-state index contributed by atoms with van der Waals surface area (Å²) in [7, 11) is 0. The number of nitrogen functional groups attached to an aromatic ring is 1. The van der Waals surface area contributed by atoms with Gasteiger partial charge in [-0.3, -0.25) is 0 Å². The van der Waals surface area contributed by atoms with E-state index < -0.39 is 0 Å². The molecule has 0 unspecified atom stereocenters. The Hall–Kier alpha value is -1.74. The maximum atomic E-state index is 7.36. The van der Waals surface area contributed by atoms with Gasteiger partial charge < -0.3 is 11.1 Å². The van der Waals surface area contributed by atoms with Gasteiger partial charge in [0.15, 0.2) is 0 Å². The Morgan fingerprint density at radius 2 is 1.94 bits per heavy atom. The molecule has 0 aliphatic heterocycles. The van der Waals surface area contributed by atoms with Crippen LogP contribution < -0.4 is 5.73 Å². The summed E-state index contributed by atoms with van der Waals surface area (Å²) in [6, 6.07) is 14.3. The highest BCUT2D eigenvalue weighted by atomic mass is 32.2. The predicted molar refractivity (Wildman–Crippen MR) is 79.5 cm³/mol. The molecule has 3 N–H and O–H groups in total. The maximum Gasteiger partial charge on any atom is 0.0541 e. The lowest BCUT2D eigenvalue weighted by Gasteiger charge is -2.09. The highest BCUT2D eigenvalue weighted by Gasteiger charge is 2.06. The van der Waals surface area contributed by atoms with E-state index in [4.69, 9.17) is 11.1 Å². The van der Waals surface area contributed by atoms with Crippen molar-refractivity contribution in [3.8, 4) is 0 Å². The van der Waals surface area contributed by atoms with Crippen molar-refractivity contribution in [1.29, 1.82) is 5.41 Å². The van der Waals surface area contributed by atoms with Gasteiger partial charge in [-0.2, -0.15) is 0 Å². The van der Waals surface area contributed by atoms with Crippen LogP contribution in [0, 0.1) is 12.3 Å². The van der Waals surface area contributed by atoms with Crippen molar-refractivity contribution in [2.75, 3.05) is 5.73 Å². The summed E-state index contributed by atoms with van der Waals surface area (Å²) in [6.45, 7) is 2.03. The van der Waals surface area contributed by atoms with Crippen molar-refractivity contribution >= 4 is 23.7 Å². The first-order valence-electron chi connectivity index (χ1n) is 5.78. The average Bonchev–Trinajstić information content (AvgIpc) is 2.40. The molecule has 0 atom stereocenters. The molecule has 2 aromatic rings. The lowest BCUT2D eigenvalue weighted by atomic mass is 10.1. The molecular formula is C15H16N2S. The number of aryl methyl sites for hydroxylation is 1. The molecule has 0 bridgehead atoms. The van der Waals surface area contributed by atoms with E-state index in [0.717, 1.165) is 21.8 Å². The molecule has 0 radical (unpaired) electrons. The van der Waals surface area contributed by atoms with Crippen molar-refractivity contribution in [3.05, 3.63) is 59.2 Å². The Morgan fingerprint density at radius 1 is 1.22 bits per heavy atom. The smallest absolute Gasteiger partial charge is 0.0541 e. The Labute approximate surface area is 112 Å². The summed E-state index contributed by atoms with van der Waals surface area (Å²) in [5.74, 6) is 0.895. The third-order valence-corrected chi connectivity index (χ3v) is 3.84. The van der Waals surface area contributed by atoms with Crippen molar-refractivity contribution in [2.45, 2.75) is 17.6 Å². The molecule has 0 saturated heterocycles. The summed E-state index contributed by atoms with van der Waals surface area (Å²) in [5.41, 5.74) is 9.97. The number of nitrogens with two attached hydrogens (primary N) is 1. The zero-order valence-electron chi connectivity index (χ0n) is 10.3. The van der Waals surface area contributed by atoms with E-state index in [2.05, 4.69) is 18.2 Å². The van der Waals surface area contributed by atoms with Crippen LogP contribution in [-0.4, -0.2) is 6.21 Å². The molecular weight excluding hydrogens is 240 g/mol. The van der Waals surface area contributed by atoms with Crippen LogP contribution in [-0.2, 0) is 5.75 Å². The van der Waals surface area contributed by atoms with Crippen LogP contribution >= 0.6 is 11.8 Å². The standard InChI is InChI=1S/C15H16N2S/c1-11-7-13(9-16)15(17)14(8-11)18-10-12-5-3-2-4-6-12/h2-9,16H,10,17H2,1H3. The van der Waals surface area contributed by atoms with Gasteiger partial charge in [0.05, 0.1) is 5.69 Å². The van der Waals surface area contributed by atoms with Crippen LogP contribution in [0.3, 0.4) is 0 Å². The number of benzene rings is 2. The second kappa shape index (κ2) is 5.74. The normalized spacial score (nSPS) is 10.3. The van der Waals surface area contributed by atoms with Crippen molar-refractivity contribution < 1.29 is 0 Å². The molecule has 2 aromatic carbocycles. The minimum atomic E-state index is 0.705. The molecule has 2 nitrogen and oxygen atoms in total. The van der Waals surface area contributed by atoms with Crippen LogP contribution in [0.2, 0.25) is 0 Å². The average molecular weight is 256 g/mol. The lowest BCUT2D eigenvalue weighted by Crippen LogP contribution is -1.97. The van der Waals surface area contributed by atoms with Crippen molar-refractivity contribution in [2.24, 2.45) is 0 Å². The first-order valence-corrected chi connectivity index (χ1v) is 6.76. The molecule has 0 saturated carbocycles. The highest BCUT2D eigenvalue weighted by Crippen LogP contribution is 2.31. The Balaban J connectivity index is 2.19. The second-order valence-corrected chi connectivity index (χ2v) is 5.20. The third kappa shape index (κ3) is 2.93. The topological polar surface area (TPSA) is 49.9 Å². The first-order chi connectivity index (χ1) is 8.70. The van der Waals surface area contributed by atoms with Gasteiger partial charge in [0.2, 0.25) is 0 Å². The van der Waals surface area contributed by atoms with E-state index in [1.54, 1.807) is 11.8 Å². The quantitative estimate of drug-likeness (QED) is 0.495. The summed E-state index contributed by atoms with van der Waals surface area (Å²) in [5, 5.41) is 7.36. The fourth-order valence-electron chi connectivity index (χ4n) is 1.77. The second-order valence-electron chi connectivity index (χ2n) is 4.18. The van der Waals surface area contributed by atoms with Gasteiger partial charge in [-0.1, -0.05) is 30.3 Å². The van der Waals surface area contributed by atoms with Gasteiger partial charge in [0, 0.05) is 22.4 Å². The number of thioether (sulfide) groups is 1. The molecule has 92 valence electrons. The van der Waals surface area contributed by atoms with E-state index in [9.17, 15) is 0 Å². The molecule has 2 rings (SSSR count). The minimum absolute atomic E-state index is 0.705. The van der Waals surface area contributed by atoms with E-state index in [1.165, 1.54) is 11.8 Å². The fourth-order valence-corrected chi connectivity index (χ4v) is 2.82. The van der Waals surface area contributed by atoms with E-state index >= 15 is 0 Å². The highest BCUT2D eigenvalue weighted by molar-refractivity contribution is 7.98. The van der Waals surface area contributed by atoms with Crippen LogP contribution in [0.5, 0.6) is 0 Å². The zero-order chi connectivity index (χ0) is 13.0. The lowest BCUT2D eigenvalue weighted by molar-refractivity contribution is 1.33. The van der Waals surface area contributed by atoms with Crippen molar-refractivity contribution in [3.63, 3.8) is 0 Å². The summed E-state index contributed by atoms with van der Waals surface area (Å²) >= 11 is 1.72. The summed E-state index contributed by atoms with van der Waals surface area (Å²) in [6.07, 6.45) is 1.31. The molecule has 18 heavy (non-hydrogen) atoms. The molecule has 0 amide bonds. The maximum absolute atomic E-state index is 7.36. The Kier molecular flexibility index (Phi) is 4.05. The number of nitrogens with one attached hydrogen (secondary N) is 1. The largest absolute Gasteiger partial charge is 0.397 e. The molecule has 3 heteroatoms. The van der Waals surface area contributed by atoms with Crippen LogP contribution in [0.15, 0.2) is 47.4 Å². The van der Waals surface area contributed by atoms with E-state index in [1.807, 2.05) is 31.2 Å². The predicted octanol–water partition coefficient (Wildman–Crippen LogP) is 3.87. The molecule has 0 aliphatic rings. The molecule has 0 aromatic heterocycles. The van der Waals surface area contributed by atoms with E-state index in [0.29, 0.717) is 5.69 Å². The molecule has 0 fully saturated rings. The van der Waals surface area contributed by atoms with Gasteiger partial charge in [-0.05, 0) is 30.2 Å². The number of anilines is 1. The van der Waals surface area contributed by atoms with Crippen molar-refractivity contribution in [1.82, 2.24) is 0 Å². The monoisotopic (exact) mass is 256 g/mol. The Morgan fingerprint density at radius 3 is 2.61 bits per heavy atom. The fraction of sp³-hybridized carbons (Fsp3) is 0.133. The molecule has 0 spiro atoms. The molecule has 0 heterocycles. The SMILES string of the molecule is Cc1cc(C=N)c(N)c(SCc2ccccc2)c1. The van der Waals surface area contributed by atoms with Crippen LogP contribution in [0.4, 0.5) is 5.69 Å². The van der Waals surface area contributed by atoms with Gasteiger partial charge in [-0.15, -0.1) is 11.8 Å². The van der Waals surface area contributed by atoms with Crippen LogP contribution in [0.25, 0.3) is 0 Å². The van der Waals surface area contributed by atoms with E-state index in [-0.39, 0.29) is 0 Å². The van der Waals surface area contributed by atoms with Crippen LogP contribution in [0.1, 0.15) is 16.7 Å². The third-order valence-electron chi connectivity index (χ3n) is 2.71. The zero-order valence-corrected chi connectivity index (χ0v) is 11.1. The molecule has 0 aliphatic carbocycles. The summed E-state index contributed by atoms with van der Waals surface area (Å²) < 4.78 is 0.